The third-order valence-corrected chi connectivity index (χ3v) is 3.40. The van der Waals surface area contributed by atoms with Gasteiger partial charge in [0.25, 0.3) is 0 Å². The Morgan fingerprint density at radius 3 is 2.83 bits per heavy atom. The molecule has 1 aliphatic heterocycles. The molecular formula is C14H16N2O2. The molecule has 0 spiro atoms. The van der Waals surface area contributed by atoms with Crippen molar-refractivity contribution in [2.24, 2.45) is 0 Å². The van der Waals surface area contributed by atoms with E-state index >= 15 is 0 Å². The predicted octanol–water partition coefficient (Wildman–Crippen LogP) is 1.51. The van der Waals surface area contributed by atoms with Crippen molar-refractivity contribution >= 4 is 16.7 Å². The number of benzene rings is 1. The molecular weight excluding hydrogens is 228 g/mol. The number of para-hydroxylation sites is 1. The Balaban J connectivity index is 2.21. The molecule has 1 aromatic carbocycles. The van der Waals surface area contributed by atoms with E-state index in [2.05, 4.69) is 10.2 Å². The fourth-order valence-electron chi connectivity index (χ4n) is 2.48. The molecule has 0 amide bonds. The Morgan fingerprint density at radius 2 is 2.06 bits per heavy atom. The quantitative estimate of drug-likeness (QED) is 0.772. The average Bonchev–Trinajstić information content (AvgIpc) is 2.40. The molecule has 0 aliphatic carbocycles. The van der Waals surface area contributed by atoms with E-state index in [-0.39, 0.29) is 5.63 Å². The molecule has 2 heterocycles. The van der Waals surface area contributed by atoms with Crippen molar-refractivity contribution in [3.05, 3.63) is 40.2 Å². The van der Waals surface area contributed by atoms with Crippen molar-refractivity contribution < 1.29 is 4.42 Å². The standard InChI is InChI=1S/C14H16N2O2/c1-10-3-2-4-11-12(9-13(17)18-14(10)11)16-7-5-15-6-8-16/h2-4,9,15H,5-8H2,1H3. The van der Waals surface area contributed by atoms with E-state index in [1.165, 1.54) is 0 Å². The summed E-state index contributed by atoms with van der Waals surface area (Å²) < 4.78 is 5.33. The minimum atomic E-state index is -0.273. The molecule has 18 heavy (non-hydrogen) atoms. The topological polar surface area (TPSA) is 45.5 Å². The second-order valence-corrected chi connectivity index (χ2v) is 4.64. The summed E-state index contributed by atoms with van der Waals surface area (Å²) in [6, 6.07) is 7.59. The Hall–Kier alpha value is -1.81. The molecule has 3 rings (SSSR count). The summed E-state index contributed by atoms with van der Waals surface area (Å²) in [4.78, 5) is 13.9. The first kappa shape index (κ1) is 11.3. The van der Waals surface area contributed by atoms with Gasteiger partial charge in [-0.15, -0.1) is 0 Å². The van der Waals surface area contributed by atoms with Crippen molar-refractivity contribution in [3.8, 4) is 0 Å². The van der Waals surface area contributed by atoms with Crippen LogP contribution in [-0.2, 0) is 0 Å². The normalized spacial score (nSPS) is 16.2. The highest BCUT2D eigenvalue weighted by atomic mass is 16.4. The van der Waals surface area contributed by atoms with E-state index in [0.29, 0.717) is 5.58 Å². The minimum Gasteiger partial charge on any atom is -0.422 e. The Labute approximate surface area is 105 Å². The number of nitrogens with zero attached hydrogens (tertiary/aromatic N) is 1. The van der Waals surface area contributed by atoms with Gasteiger partial charge in [-0.3, -0.25) is 0 Å². The third kappa shape index (κ3) is 1.88. The lowest BCUT2D eigenvalue weighted by molar-refractivity contribution is 0.553. The molecule has 0 unspecified atom stereocenters. The van der Waals surface area contributed by atoms with Crippen LogP contribution in [0.4, 0.5) is 5.69 Å². The smallest absolute Gasteiger partial charge is 0.338 e. The van der Waals surface area contributed by atoms with Crippen LogP contribution < -0.4 is 15.8 Å². The zero-order valence-electron chi connectivity index (χ0n) is 10.4. The van der Waals surface area contributed by atoms with Crippen LogP contribution in [0, 0.1) is 6.92 Å². The molecule has 0 atom stereocenters. The third-order valence-electron chi connectivity index (χ3n) is 3.40. The summed E-state index contributed by atoms with van der Waals surface area (Å²) in [5, 5.41) is 4.34. The molecule has 0 bridgehead atoms. The SMILES string of the molecule is Cc1cccc2c(N3CCNCC3)cc(=O)oc12. The van der Waals surface area contributed by atoms with Gasteiger partial charge < -0.3 is 14.6 Å². The maximum atomic E-state index is 11.7. The van der Waals surface area contributed by atoms with Crippen molar-refractivity contribution in [1.29, 1.82) is 0 Å². The summed E-state index contributed by atoms with van der Waals surface area (Å²) in [5.41, 5.74) is 2.43. The lowest BCUT2D eigenvalue weighted by Gasteiger charge is -2.30. The van der Waals surface area contributed by atoms with E-state index < -0.39 is 0 Å². The van der Waals surface area contributed by atoms with E-state index in [1.54, 1.807) is 6.07 Å². The van der Waals surface area contributed by atoms with Crippen molar-refractivity contribution in [1.82, 2.24) is 5.32 Å². The number of fused-ring (bicyclic) bond motifs is 1. The molecule has 0 radical (unpaired) electrons. The van der Waals surface area contributed by atoms with Gasteiger partial charge in [0.15, 0.2) is 0 Å². The first-order chi connectivity index (χ1) is 8.75. The van der Waals surface area contributed by atoms with Gasteiger partial charge >= 0.3 is 5.63 Å². The molecule has 4 heteroatoms. The molecule has 94 valence electrons. The second kappa shape index (κ2) is 4.46. The van der Waals surface area contributed by atoms with Crippen molar-refractivity contribution in [3.63, 3.8) is 0 Å². The molecule has 1 saturated heterocycles. The molecule has 4 nitrogen and oxygen atoms in total. The molecule has 1 fully saturated rings. The first-order valence-corrected chi connectivity index (χ1v) is 6.25. The number of hydrogen-bond donors (Lipinski definition) is 1. The van der Waals surface area contributed by atoms with Gasteiger partial charge in [-0.25, -0.2) is 4.79 Å². The maximum Gasteiger partial charge on any atom is 0.338 e. The van der Waals surface area contributed by atoms with Gasteiger partial charge in [0.2, 0.25) is 0 Å². The average molecular weight is 244 g/mol. The molecule has 1 aromatic heterocycles. The summed E-state index contributed by atoms with van der Waals surface area (Å²) in [7, 11) is 0. The van der Waals surface area contributed by atoms with E-state index in [1.807, 2.05) is 25.1 Å². The van der Waals surface area contributed by atoms with Crippen LogP contribution in [0.1, 0.15) is 5.56 Å². The molecule has 1 N–H and O–H groups in total. The van der Waals surface area contributed by atoms with Crippen molar-refractivity contribution in [2.45, 2.75) is 6.92 Å². The highest BCUT2D eigenvalue weighted by Gasteiger charge is 2.15. The van der Waals surface area contributed by atoms with Crippen LogP contribution in [0.3, 0.4) is 0 Å². The highest BCUT2D eigenvalue weighted by Crippen LogP contribution is 2.27. The minimum absolute atomic E-state index is 0.273. The van der Waals surface area contributed by atoms with Gasteiger partial charge in [-0.05, 0) is 18.6 Å². The second-order valence-electron chi connectivity index (χ2n) is 4.64. The van der Waals surface area contributed by atoms with Crippen LogP contribution in [0.25, 0.3) is 11.0 Å². The summed E-state index contributed by atoms with van der Waals surface area (Å²) in [6.45, 7) is 5.72. The van der Waals surface area contributed by atoms with Gasteiger partial charge in [0, 0.05) is 37.6 Å². The number of rotatable bonds is 1. The summed E-state index contributed by atoms with van der Waals surface area (Å²) in [6.07, 6.45) is 0. The number of nitrogens with one attached hydrogen (secondary N) is 1. The largest absolute Gasteiger partial charge is 0.422 e. The lowest BCUT2D eigenvalue weighted by atomic mass is 10.1. The van der Waals surface area contributed by atoms with E-state index in [9.17, 15) is 4.79 Å². The summed E-state index contributed by atoms with van der Waals surface area (Å²) in [5.74, 6) is 0. The van der Waals surface area contributed by atoms with Crippen LogP contribution in [0.15, 0.2) is 33.5 Å². The van der Waals surface area contributed by atoms with Crippen LogP contribution in [0.2, 0.25) is 0 Å². The Bertz CT molecular complexity index is 627. The van der Waals surface area contributed by atoms with Gasteiger partial charge in [0.05, 0.1) is 5.69 Å². The zero-order valence-corrected chi connectivity index (χ0v) is 10.4. The molecule has 2 aromatic rings. The highest BCUT2D eigenvalue weighted by molar-refractivity contribution is 5.91. The van der Waals surface area contributed by atoms with Gasteiger partial charge in [0.1, 0.15) is 5.58 Å². The molecule has 1 aliphatic rings. The Kier molecular flexibility index (Phi) is 2.80. The van der Waals surface area contributed by atoms with Gasteiger partial charge in [-0.2, -0.15) is 0 Å². The van der Waals surface area contributed by atoms with Crippen LogP contribution >= 0.6 is 0 Å². The fourth-order valence-corrected chi connectivity index (χ4v) is 2.48. The number of aryl methyl sites for hydroxylation is 1. The number of hydrogen-bond acceptors (Lipinski definition) is 4. The summed E-state index contributed by atoms with van der Waals surface area (Å²) >= 11 is 0. The number of anilines is 1. The fraction of sp³-hybridized carbons (Fsp3) is 0.357. The lowest BCUT2D eigenvalue weighted by Crippen LogP contribution is -2.43. The van der Waals surface area contributed by atoms with Gasteiger partial charge in [-0.1, -0.05) is 12.1 Å². The van der Waals surface area contributed by atoms with E-state index in [4.69, 9.17) is 4.42 Å². The first-order valence-electron chi connectivity index (χ1n) is 6.25. The van der Waals surface area contributed by atoms with Crippen LogP contribution in [-0.4, -0.2) is 26.2 Å². The van der Waals surface area contributed by atoms with E-state index in [0.717, 1.165) is 42.8 Å². The maximum absolute atomic E-state index is 11.7. The predicted molar refractivity (Wildman–Crippen MR) is 72.3 cm³/mol. The molecule has 0 saturated carbocycles. The van der Waals surface area contributed by atoms with Crippen molar-refractivity contribution in [2.75, 3.05) is 31.1 Å². The Morgan fingerprint density at radius 1 is 1.28 bits per heavy atom. The zero-order chi connectivity index (χ0) is 12.5. The monoisotopic (exact) mass is 244 g/mol. The van der Waals surface area contributed by atoms with Crippen LogP contribution in [0.5, 0.6) is 0 Å². The number of piperazine rings is 1.